The fourth-order valence-electron chi connectivity index (χ4n) is 1.81. The lowest BCUT2D eigenvalue weighted by atomic mass is 10.0. The predicted octanol–water partition coefficient (Wildman–Crippen LogP) is 1.93. The molecule has 5 heteroatoms. The van der Waals surface area contributed by atoms with E-state index in [0.29, 0.717) is 12.0 Å². The van der Waals surface area contributed by atoms with Crippen LogP contribution in [0.2, 0.25) is 0 Å². The summed E-state index contributed by atoms with van der Waals surface area (Å²) in [5.41, 5.74) is 0.775. The number of hydrogen-bond acceptors (Lipinski definition) is 3. The van der Waals surface area contributed by atoms with Crippen LogP contribution < -0.4 is 5.32 Å². The van der Waals surface area contributed by atoms with Crippen molar-refractivity contribution in [1.82, 2.24) is 5.32 Å². The molecule has 19 heavy (non-hydrogen) atoms. The van der Waals surface area contributed by atoms with Crippen LogP contribution in [0.3, 0.4) is 0 Å². The lowest BCUT2D eigenvalue weighted by Gasteiger charge is -2.13. The quantitative estimate of drug-likeness (QED) is 0.733. The number of aliphatic carboxylic acids is 1. The zero-order chi connectivity index (χ0) is 14.4. The van der Waals surface area contributed by atoms with Gasteiger partial charge < -0.3 is 15.5 Å². The fraction of sp³-hybridized carbons (Fsp3) is 0.429. The Bertz CT molecular complexity index is 471. The van der Waals surface area contributed by atoms with Gasteiger partial charge in [0.25, 0.3) is 5.91 Å². The maximum Gasteiger partial charge on any atom is 0.308 e. The Morgan fingerprint density at radius 3 is 2.63 bits per heavy atom. The number of hydrogen-bond donors (Lipinski definition) is 3. The van der Waals surface area contributed by atoms with E-state index in [1.165, 1.54) is 6.07 Å². The second-order valence-electron chi connectivity index (χ2n) is 4.50. The smallest absolute Gasteiger partial charge is 0.308 e. The summed E-state index contributed by atoms with van der Waals surface area (Å²) in [6, 6.07) is 4.88. The van der Waals surface area contributed by atoms with Crippen LogP contribution in [0.1, 0.15) is 35.7 Å². The van der Waals surface area contributed by atoms with Crippen molar-refractivity contribution >= 4 is 11.9 Å². The van der Waals surface area contributed by atoms with E-state index in [9.17, 15) is 14.7 Å². The number of carbonyl (C=O) groups excluding carboxylic acids is 1. The Kier molecular flexibility index (Phi) is 5.36. The van der Waals surface area contributed by atoms with E-state index in [0.717, 1.165) is 6.42 Å². The molecule has 0 spiro atoms. The zero-order valence-electron chi connectivity index (χ0n) is 11.1. The Morgan fingerprint density at radius 1 is 1.37 bits per heavy atom. The van der Waals surface area contributed by atoms with Crippen molar-refractivity contribution in [2.75, 3.05) is 6.54 Å². The van der Waals surface area contributed by atoms with Crippen LogP contribution in [0.25, 0.3) is 0 Å². The van der Waals surface area contributed by atoms with Crippen molar-refractivity contribution in [2.45, 2.75) is 26.7 Å². The van der Waals surface area contributed by atoms with Crippen LogP contribution in [0.5, 0.6) is 5.75 Å². The van der Waals surface area contributed by atoms with Crippen molar-refractivity contribution < 1.29 is 19.8 Å². The normalized spacial score (nSPS) is 11.9. The highest BCUT2D eigenvalue weighted by molar-refractivity contribution is 5.97. The fourth-order valence-corrected chi connectivity index (χ4v) is 1.81. The standard InChI is InChI=1S/C14H19NO4/c1-3-5-10(14(18)19)8-15-13(17)11-7-4-6-9(2)12(11)16/h4,6-7,10,16H,3,5,8H2,1-2H3,(H,15,17)(H,18,19). The first-order chi connectivity index (χ1) is 8.97. The van der Waals surface area contributed by atoms with Gasteiger partial charge in [-0.1, -0.05) is 25.5 Å². The molecular weight excluding hydrogens is 246 g/mol. The van der Waals surface area contributed by atoms with Gasteiger partial charge in [-0.05, 0) is 25.0 Å². The summed E-state index contributed by atoms with van der Waals surface area (Å²) in [6.45, 7) is 3.66. The van der Waals surface area contributed by atoms with Crippen LogP contribution in [0, 0.1) is 12.8 Å². The number of carbonyl (C=O) groups is 2. The minimum absolute atomic E-state index is 0.0649. The summed E-state index contributed by atoms with van der Waals surface area (Å²) in [4.78, 5) is 22.8. The van der Waals surface area contributed by atoms with Gasteiger partial charge in [0.05, 0.1) is 11.5 Å². The number of amides is 1. The number of phenols is 1. The van der Waals surface area contributed by atoms with Crippen molar-refractivity contribution in [3.63, 3.8) is 0 Å². The molecular formula is C14H19NO4. The van der Waals surface area contributed by atoms with Crippen LogP contribution in [-0.4, -0.2) is 28.6 Å². The molecule has 3 N–H and O–H groups in total. The largest absolute Gasteiger partial charge is 0.507 e. The number of rotatable bonds is 6. The summed E-state index contributed by atoms with van der Waals surface area (Å²) in [6.07, 6.45) is 1.25. The van der Waals surface area contributed by atoms with E-state index in [-0.39, 0.29) is 17.9 Å². The maximum absolute atomic E-state index is 11.9. The molecule has 0 saturated carbocycles. The van der Waals surface area contributed by atoms with Gasteiger partial charge in [0.1, 0.15) is 5.75 Å². The molecule has 0 aliphatic rings. The van der Waals surface area contributed by atoms with Crippen LogP contribution in [-0.2, 0) is 4.79 Å². The first-order valence-electron chi connectivity index (χ1n) is 6.27. The van der Waals surface area contributed by atoms with Gasteiger partial charge in [0.2, 0.25) is 0 Å². The molecule has 1 rings (SSSR count). The monoisotopic (exact) mass is 265 g/mol. The van der Waals surface area contributed by atoms with E-state index in [2.05, 4.69) is 5.32 Å². The van der Waals surface area contributed by atoms with Gasteiger partial charge >= 0.3 is 5.97 Å². The molecule has 1 aromatic carbocycles. The first-order valence-corrected chi connectivity index (χ1v) is 6.27. The third kappa shape index (κ3) is 3.98. The summed E-state index contributed by atoms with van der Waals surface area (Å²) < 4.78 is 0. The maximum atomic E-state index is 11.9. The van der Waals surface area contributed by atoms with Crippen LogP contribution >= 0.6 is 0 Å². The van der Waals surface area contributed by atoms with Crippen molar-refractivity contribution in [3.8, 4) is 5.75 Å². The number of benzene rings is 1. The first kappa shape index (κ1) is 15.0. The molecule has 0 aromatic heterocycles. The number of para-hydroxylation sites is 1. The molecule has 0 fully saturated rings. The Hall–Kier alpha value is -2.04. The molecule has 0 radical (unpaired) electrons. The molecule has 0 saturated heterocycles. The summed E-state index contributed by atoms with van der Waals surface area (Å²) in [5.74, 6) is -2.04. The van der Waals surface area contributed by atoms with Gasteiger partial charge in [-0.3, -0.25) is 9.59 Å². The minimum Gasteiger partial charge on any atom is -0.507 e. The molecule has 1 aromatic rings. The molecule has 1 amide bonds. The highest BCUT2D eigenvalue weighted by Gasteiger charge is 2.19. The van der Waals surface area contributed by atoms with E-state index in [4.69, 9.17) is 5.11 Å². The number of aryl methyl sites for hydroxylation is 1. The second kappa shape index (κ2) is 6.78. The molecule has 0 heterocycles. The Labute approximate surface area is 112 Å². The van der Waals surface area contributed by atoms with Gasteiger partial charge in [0.15, 0.2) is 0 Å². The van der Waals surface area contributed by atoms with Crippen LogP contribution in [0.15, 0.2) is 18.2 Å². The zero-order valence-corrected chi connectivity index (χ0v) is 11.1. The lowest BCUT2D eigenvalue weighted by Crippen LogP contribution is -2.33. The van der Waals surface area contributed by atoms with E-state index in [1.54, 1.807) is 19.1 Å². The van der Waals surface area contributed by atoms with E-state index < -0.39 is 17.8 Å². The second-order valence-corrected chi connectivity index (χ2v) is 4.50. The number of aromatic hydroxyl groups is 1. The molecule has 0 aliphatic heterocycles. The highest BCUT2D eigenvalue weighted by Crippen LogP contribution is 2.21. The summed E-state index contributed by atoms with van der Waals surface area (Å²) in [5, 5.41) is 21.3. The van der Waals surface area contributed by atoms with Crippen molar-refractivity contribution in [1.29, 1.82) is 0 Å². The third-order valence-electron chi connectivity index (χ3n) is 2.98. The van der Waals surface area contributed by atoms with Crippen LogP contribution in [0.4, 0.5) is 0 Å². The van der Waals surface area contributed by atoms with E-state index in [1.807, 2.05) is 6.92 Å². The average Bonchev–Trinajstić information content (AvgIpc) is 2.37. The molecule has 0 aliphatic carbocycles. The predicted molar refractivity (Wildman–Crippen MR) is 71.2 cm³/mol. The molecule has 0 bridgehead atoms. The molecule has 1 atom stereocenters. The lowest BCUT2D eigenvalue weighted by molar-refractivity contribution is -0.141. The minimum atomic E-state index is -0.921. The molecule has 104 valence electrons. The highest BCUT2D eigenvalue weighted by atomic mass is 16.4. The topological polar surface area (TPSA) is 86.6 Å². The molecule has 1 unspecified atom stereocenters. The average molecular weight is 265 g/mol. The van der Waals surface area contributed by atoms with Crippen molar-refractivity contribution in [2.24, 2.45) is 5.92 Å². The number of nitrogens with one attached hydrogen (secondary N) is 1. The number of carboxylic acid groups (broad SMARTS) is 1. The Morgan fingerprint density at radius 2 is 2.05 bits per heavy atom. The van der Waals surface area contributed by atoms with Gasteiger partial charge in [-0.15, -0.1) is 0 Å². The SMILES string of the molecule is CCCC(CNC(=O)c1cccc(C)c1O)C(=O)O. The summed E-state index contributed by atoms with van der Waals surface area (Å²) >= 11 is 0. The number of carboxylic acids is 1. The number of phenolic OH excluding ortho intramolecular Hbond substituents is 1. The third-order valence-corrected chi connectivity index (χ3v) is 2.98. The van der Waals surface area contributed by atoms with Crippen molar-refractivity contribution in [3.05, 3.63) is 29.3 Å². The summed E-state index contributed by atoms with van der Waals surface area (Å²) in [7, 11) is 0. The Balaban J connectivity index is 2.69. The van der Waals surface area contributed by atoms with Gasteiger partial charge in [-0.2, -0.15) is 0 Å². The van der Waals surface area contributed by atoms with Gasteiger partial charge in [-0.25, -0.2) is 0 Å². The molecule has 5 nitrogen and oxygen atoms in total. The van der Waals surface area contributed by atoms with Gasteiger partial charge in [0, 0.05) is 6.54 Å². The van der Waals surface area contributed by atoms with E-state index >= 15 is 0 Å².